The summed E-state index contributed by atoms with van der Waals surface area (Å²) in [5.41, 5.74) is 0.908. The van der Waals surface area contributed by atoms with Crippen molar-refractivity contribution in [3.05, 3.63) is 35.1 Å². The van der Waals surface area contributed by atoms with Crippen molar-refractivity contribution in [1.82, 2.24) is 9.80 Å². The van der Waals surface area contributed by atoms with Gasteiger partial charge in [0.25, 0.3) is 0 Å². The molecule has 1 aromatic rings. The molecule has 1 amide bonds. The van der Waals surface area contributed by atoms with E-state index in [4.69, 9.17) is 10.4 Å². The molecule has 106 valence electrons. The second kappa shape index (κ2) is 6.35. The van der Waals surface area contributed by atoms with Crippen LogP contribution in [0.5, 0.6) is 0 Å². The van der Waals surface area contributed by atoms with Crippen LogP contribution >= 0.6 is 0 Å². The number of hydrogen-bond acceptors (Lipinski definition) is 3. The predicted molar refractivity (Wildman–Crippen MR) is 70.9 cm³/mol. The Bertz CT molecular complexity index is 534. The average molecular weight is 277 g/mol. The summed E-state index contributed by atoms with van der Waals surface area (Å²) in [5, 5.41) is 17.5. The van der Waals surface area contributed by atoms with E-state index in [1.54, 1.807) is 12.1 Å². The normalized spacial score (nSPS) is 15.9. The Hall–Kier alpha value is -2.13. The maximum Gasteiger partial charge on any atom is 0.407 e. The van der Waals surface area contributed by atoms with Crippen LogP contribution in [0.25, 0.3) is 0 Å². The number of piperazine rings is 1. The minimum Gasteiger partial charge on any atom is -0.465 e. The molecule has 0 aliphatic carbocycles. The third-order valence-corrected chi connectivity index (χ3v) is 3.51. The van der Waals surface area contributed by atoms with Crippen molar-refractivity contribution in [3.63, 3.8) is 0 Å². The standard InChI is InChI=1S/C14H16FN3O2/c15-13-9-11(1-2-12(13)10-16)3-4-17-5-7-18(8-6-17)14(19)20/h1-2,9H,3-8H2,(H,19,20). The van der Waals surface area contributed by atoms with Gasteiger partial charge in [-0.15, -0.1) is 0 Å². The van der Waals surface area contributed by atoms with Crippen molar-refractivity contribution < 1.29 is 14.3 Å². The van der Waals surface area contributed by atoms with Gasteiger partial charge in [-0.25, -0.2) is 9.18 Å². The first-order valence-corrected chi connectivity index (χ1v) is 6.49. The molecule has 0 spiro atoms. The Balaban J connectivity index is 1.83. The summed E-state index contributed by atoms with van der Waals surface area (Å²) < 4.78 is 13.4. The van der Waals surface area contributed by atoms with E-state index < -0.39 is 11.9 Å². The molecule has 0 radical (unpaired) electrons. The second-order valence-corrected chi connectivity index (χ2v) is 4.79. The zero-order chi connectivity index (χ0) is 14.5. The zero-order valence-electron chi connectivity index (χ0n) is 11.0. The third-order valence-electron chi connectivity index (χ3n) is 3.51. The van der Waals surface area contributed by atoms with Gasteiger partial charge in [0.05, 0.1) is 5.56 Å². The highest BCUT2D eigenvalue weighted by atomic mass is 19.1. The number of carboxylic acid groups (broad SMARTS) is 1. The van der Waals surface area contributed by atoms with E-state index in [9.17, 15) is 9.18 Å². The Kier molecular flexibility index (Phi) is 4.53. The molecular formula is C14H16FN3O2. The summed E-state index contributed by atoms with van der Waals surface area (Å²) in [5.74, 6) is -0.485. The monoisotopic (exact) mass is 277 g/mol. The lowest BCUT2D eigenvalue weighted by atomic mass is 10.1. The molecule has 1 aromatic carbocycles. The topological polar surface area (TPSA) is 67.6 Å². The lowest BCUT2D eigenvalue weighted by molar-refractivity contribution is 0.106. The fraction of sp³-hybridized carbons (Fsp3) is 0.429. The number of nitriles is 1. The van der Waals surface area contributed by atoms with Crippen molar-refractivity contribution in [3.8, 4) is 6.07 Å². The molecule has 6 heteroatoms. The van der Waals surface area contributed by atoms with Crippen LogP contribution in [0.1, 0.15) is 11.1 Å². The van der Waals surface area contributed by atoms with Crippen LogP contribution in [-0.2, 0) is 6.42 Å². The maximum absolute atomic E-state index is 13.4. The van der Waals surface area contributed by atoms with Crippen LogP contribution in [0.3, 0.4) is 0 Å². The third kappa shape index (κ3) is 3.45. The van der Waals surface area contributed by atoms with E-state index in [0.717, 1.165) is 12.1 Å². The van der Waals surface area contributed by atoms with Gasteiger partial charge in [-0.3, -0.25) is 4.90 Å². The van der Waals surface area contributed by atoms with Gasteiger partial charge in [-0.1, -0.05) is 6.07 Å². The molecule has 5 nitrogen and oxygen atoms in total. The van der Waals surface area contributed by atoms with Crippen LogP contribution in [0, 0.1) is 17.1 Å². The molecule has 20 heavy (non-hydrogen) atoms. The molecule has 1 heterocycles. The SMILES string of the molecule is N#Cc1ccc(CCN2CCN(C(=O)O)CC2)cc1F. The first kappa shape index (κ1) is 14.3. The van der Waals surface area contributed by atoms with E-state index in [1.807, 2.05) is 0 Å². The molecule has 0 atom stereocenters. The van der Waals surface area contributed by atoms with E-state index >= 15 is 0 Å². The largest absolute Gasteiger partial charge is 0.465 e. The minimum absolute atomic E-state index is 0.0591. The number of nitrogens with zero attached hydrogens (tertiary/aromatic N) is 3. The number of hydrogen-bond donors (Lipinski definition) is 1. The lowest BCUT2D eigenvalue weighted by Crippen LogP contribution is -2.48. The van der Waals surface area contributed by atoms with E-state index in [2.05, 4.69) is 4.90 Å². The lowest BCUT2D eigenvalue weighted by Gasteiger charge is -2.33. The van der Waals surface area contributed by atoms with Crippen LogP contribution < -0.4 is 0 Å². The molecule has 0 unspecified atom stereocenters. The molecule has 2 rings (SSSR count). The van der Waals surface area contributed by atoms with E-state index in [1.165, 1.54) is 17.0 Å². The number of benzene rings is 1. The highest BCUT2D eigenvalue weighted by Gasteiger charge is 2.19. The van der Waals surface area contributed by atoms with Crippen LogP contribution in [0.15, 0.2) is 18.2 Å². The molecule has 1 fully saturated rings. The molecule has 1 aliphatic rings. The van der Waals surface area contributed by atoms with Crippen molar-refractivity contribution in [2.75, 3.05) is 32.7 Å². The van der Waals surface area contributed by atoms with Gasteiger partial charge in [0.2, 0.25) is 0 Å². The summed E-state index contributed by atoms with van der Waals surface area (Å²) in [4.78, 5) is 14.3. The van der Waals surface area contributed by atoms with Crippen molar-refractivity contribution in [2.45, 2.75) is 6.42 Å². The maximum atomic E-state index is 13.4. The van der Waals surface area contributed by atoms with Crippen molar-refractivity contribution >= 4 is 6.09 Å². The Morgan fingerprint density at radius 1 is 1.35 bits per heavy atom. The minimum atomic E-state index is -0.876. The zero-order valence-corrected chi connectivity index (χ0v) is 11.0. The number of amides is 1. The molecule has 0 aromatic heterocycles. The van der Waals surface area contributed by atoms with Gasteiger partial charge in [-0.2, -0.15) is 5.26 Å². The fourth-order valence-electron chi connectivity index (χ4n) is 2.25. The molecule has 1 aliphatic heterocycles. The highest BCUT2D eigenvalue weighted by molar-refractivity contribution is 5.65. The van der Waals surface area contributed by atoms with Gasteiger partial charge in [0.15, 0.2) is 0 Å². The Morgan fingerprint density at radius 2 is 2.05 bits per heavy atom. The molecule has 0 bridgehead atoms. The van der Waals surface area contributed by atoms with Gasteiger partial charge in [0, 0.05) is 32.7 Å². The summed E-state index contributed by atoms with van der Waals surface area (Å²) in [6.45, 7) is 3.18. The molecular weight excluding hydrogens is 261 g/mol. The van der Waals surface area contributed by atoms with Crippen molar-refractivity contribution in [2.24, 2.45) is 0 Å². The van der Waals surface area contributed by atoms with Gasteiger partial charge in [-0.05, 0) is 24.1 Å². The smallest absolute Gasteiger partial charge is 0.407 e. The first-order valence-electron chi connectivity index (χ1n) is 6.49. The number of rotatable bonds is 3. The summed E-state index contributed by atoms with van der Waals surface area (Å²) in [6.07, 6.45) is -0.186. The number of halogens is 1. The second-order valence-electron chi connectivity index (χ2n) is 4.79. The van der Waals surface area contributed by atoms with Gasteiger partial charge >= 0.3 is 6.09 Å². The van der Waals surface area contributed by atoms with Crippen LogP contribution in [0.4, 0.5) is 9.18 Å². The Labute approximate surface area is 116 Å². The van der Waals surface area contributed by atoms with E-state index in [0.29, 0.717) is 32.6 Å². The first-order chi connectivity index (χ1) is 9.60. The Morgan fingerprint density at radius 3 is 2.60 bits per heavy atom. The van der Waals surface area contributed by atoms with Crippen molar-refractivity contribution in [1.29, 1.82) is 5.26 Å². The van der Waals surface area contributed by atoms with Crippen LogP contribution in [-0.4, -0.2) is 53.7 Å². The predicted octanol–water partition coefficient (Wildman–Crippen LogP) is 1.54. The van der Waals surface area contributed by atoms with Gasteiger partial charge in [0.1, 0.15) is 11.9 Å². The summed E-state index contributed by atoms with van der Waals surface area (Å²) in [7, 11) is 0. The quantitative estimate of drug-likeness (QED) is 0.910. The van der Waals surface area contributed by atoms with Crippen LogP contribution in [0.2, 0.25) is 0 Å². The molecule has 0 saturated carbocycles. The average Bonchev–Trinajstić information content (AvgIpc) is 2.45. The summed E-state index contributed by atoms with van der Waals surface area (Å²) in [6, 6.07) is 6.44. The summed E-state index contributed by atoms with van der Waals surface area (Å²) >= 11 is 0. The van der Waals surface area contributed by atoms with Gasteiger partial charge < -0.3 is 10.0 Å². The fourth-order valence-corrected chi connectivity index (χ4v) is 2.25. The van der Waals surface area contributed by atoms with E-state index in [-0.39, 0.29) is 5.56 Å². The molecule has 1 N–H and O–H groups in total. The number of carbonyl (C=O) groups is 1. The molecule has 1 saturated heterocycles. The highest BCUT2D eigenvalue weighted by Crippen LogP contribution is 2.11.